The summed E-state index contributed by atoms with van der Waals surface area (Å²) in [6.45, 7) is 9.45. The number of fused-ring (bicyclic) bond motifs is 7. The van der Waals surface area contributed by atoms with E-state index in [2.05, 4.69) is 209 Å². The smallest absolute Gasteiger partial charge is 0.0468 e. The first-order valence-electron chi connectivity index (χ1n) is 18.8. The number of rotatable bonds is 5. The maximum atomic E-state index is 2.47. The largest absolute Gasteiger partial charge is 0.310 e. The average Bonchev–Trinajstić information content (AvgIpc) is 3.56. The summed E-state index contributed by atoms with van der Waals surface area (Å²) < 4.78 is 0. The highest BCUT2D eigenvalue weighted by Crippen LogP contribution is 2.54. The number of nitrogens with zero attached hydrogens (tertiary/aromatic N) is 1. The van der Waals surface area contributed by atoms with Crippen molar-refractivity contribution in [2.24, 2.45) is 0 Å². The van der Waals surface area contributed by atoms with E-state index in [4.69, 9.17) is 0 Å². The Labute approximate surface area is 312 Å². The molecule has 2 aliphatic rings. The fraction of sp³-hybridized carbons (Fsp3) is 0.115. The molecule has 0 bridgehead atoms. The summed E-state index contributed by atoms with van der Waals surface area (Å²) in [5.41, 5.74) is 19.0. The first-order valence-corrected chi connectivity index (χ1v) is 18.8. The molecule has 0 unspecified atom stereocenters. The minimum atomic E-state index is -0.0953. The monoisotopic (exact) mass is 679 g/mol. The third-order valence-electron chi connectivity index (χ3n) is 12.0. The van der Waals surface area contributed by atoms with Crippen molar-refractivity contribution in [1.29, 1.82) is 0 Å². The van der Waals surface area contributed by atoms with Crippen LogP contribution >= 0.6 is 0 Å². The van der Waals surface area contributed by atoms with Crippen LogP contribution in [0.25, 0.3) is 55.3 Å². The van der Waals surface area contributed by atoms with E-state index in [0.29, 0.717) is 0 Å². The van der Waals surface area contributed by atoms with Crippen molar-refractivity contribution in [3.8, 4) is 44.5 Å². The predicted octanol–water partition coefficient (Wildman–Crippen LogP) is 14.3. The number of benzene rings is 8. The molecule has 2 aliphatic carbocycles. The molecule has 0 aliphatic heterocycles. The van der Waals surface area contributed by atoms with E-state index in [9.17, 15) is 0 Å². The van der Waals surface area contributed by atoms with Crippen molar-refractivity contribution in [2.75, 3.05) is 4.90 Å². The Kier molecular flexibility index (Phi) is 6.94. The van der Waals surface area contributed by atoms with Gasteiger partial charge in [-0.15, -0.1) is 0 Å². The Morgan fingerprint density at radius 3 is 1.47 bits per heavy atom. The number of anilines is 3. The lowest BCUT2D eigenvalue weighted by atomic mass is 9.82. The summed E-state index contributed by atoms with van der Waals surface area (Å²) in [5, 5.41) is 2.57. The van der Waals surface area contributed by atoms with E-state index in [1.54, 1.807) is 0 Å². The molecule has 0 saturated heterocycles. The van der Waals surface area contributed by atoms with Crippen LogP contribution in [0, 0.1) is 0 Å². The molecule has 1 heteroatoms. The first-order chi connectivity index (χ1) is 25.8. The molecule has 0 N–H and O–H groups in total. The zero-order chi connectivity index (χ0) is 35.9. The first kappa shape index (κ1) is 31.5. The molecular formula is C52H41N. The van der Waals surface area contributed by atoms with Crippen LogP contribution in [0.1, 0.15) is 49.9 Å². The van der Waals surface area contributed by atoms with Gasteiger partial charge in [-0.2, -0.15) is 0 Å². The van der Waals surface area contributed by atoms with Gasteiger partial charge >= 0.3 is 0 Å². The zero-order valence-corrected chi connectivity index (χ0v) is 30.7. The van der Waals surface area contributed by atoms with Crippen LogP contribution in [0.5, 0.6) is 0 Å². The molecule has 0 heterocycles. The van der Waals surface area contributed by atoms with Gasteiger partial charge in [0.05, 0.1) is 0 Å². The molecule has 0 fully saturated rings. The summed E-state index contributed by atoms with van der Waals surface area (Å²) in [5.74, 6) is 0. The second-order valence-corrected chi connectivity index (χ2v) is 15.8. The molecule has 254 valence electrons. The maximum Gasteiger partial charge on any atom is 0.0468 e. The highest BCUT2D eigenvalue weighted by molar-refractivity contribution is 5.96. The standard InChI is InChI=1S/C52H41N/c1-51(2)47-24-13-12-23-43(47)45-32-39(25-27-48(45)51)53(38-20-14-19-37(29-38)42-22-11-10-21-41(42)34-15-6-5-7-16-34)40-26-28-49-46(33-40)44-30-35-17-8-9-18-36(35)31-50(44)52(49,3)4/h5-33H,1-4H3. The zero-order valence-electron chi connectivity index (χ0n) is 30.7. The van der Waals surface area contributed by atoms with Gasteiger partial charge in [-0.3, -0.25) is 0 Å². The second kappa shape index (κ2) is 11.7. The summed E-state index contributed by atoms with van der Waals surface area (Å²) in [6.07, 6.45) is 0. The van der Waals surface area contributed by atoms with Crippen molar-refractivity contribution in [1.82, 2.24) is 0 Å². The molecule has 10 rings (SSSR count). The molecule has 1 nitrogen and oxygen atoms in total. The molecule has 0 atom stereocenters. The lowest BCUT2D eigenvalue weighted by molar-refractivity contribution is 0.660. The van der Waals surface area contributed by atoms with Crippen molar-refractivity contribution >= 4 is 27.8 Å². The SMILES string of the molecule is CC1(C)c2ccccc2-c2cc(N(c3cccc(-c4ccccc4-c4ccccc4)c3)c3ccc4c(c3)-c3cc5ccccc5cc3C4(C)C)ccc21. The summed E-state index contributed by atoms with van der Waals surface area (Å²) >= 11 is 0. The van der Waals surface area contributed by atoms with Gasteiger partial charge in [0.1, 0.15) is 0 Å². The van der Waals surface area contributed by atoms with E-state index in [1.807, 2.05) is 0 Å². The van der Waals surface area contributed by atoms with E-state index in [-0.39, 0.29) is 10.8 Å². The van der Waals surface area contributed by atoms with Crippen molar-refractivity contribution in [2.45, 2.75) is 38.5 Å². The molecule has 0 aromatic heterocycles. The van der Waals surface area contributed by atoms with Crippen LogP contribution in [0.4, 0.5) is 17.1 Å². The van der Waals surface area contributed by atoms with Gasteiger partial charge in [0, 0.05) is 27.9 Å². The Balaban J connectivity index is 1.18. The van der Waals surface area contributed by atoms with Gasteiger partial charge in [0.15, 0.2) is 0 Å². The maximum absolute atomic E-state index is 2.47. The van der Waals surface area contributed by atoms with Crippen LogP contribution < -0.4 is 4.90 Å². The lowest BCUT2D eigenvalue weighted by Gasteiger charge is -2.29. The Hall–Kier alpha value is -6.18. The minimum Gasteiger partial charge on any atom is -0.310 e. The minimum absolute atomic E-state index is 0.0536. The van der Waals surface area contributed by atoms with Crippen molar-refractivity contribution < 1.29 is 0 Å². The molecular weight excluding hydrogens is 639 g/mol. The molecule has 0 amide bonds. The van der Waals surface area contributed by atoms with Crippen LogP contribution in [-0.2, 0) is 10.8 Å². The average molecular weight is 680 g/mol. The number of hydrogen-bond donors (Lipinski definition) is 0. The fourth-order valence-corrected chi connectivity index (χ4v) is 9.28. The molecule has 0 saturated carbocycles. The highest BCUT2D eigenvalue weighted by atomic mass is 15.1. The van der Waals surface area contributed by atoms with Gasteiger partial charge < -0.3 is 4.90 Å². The topological polar surface area (TPSA) is 3.24 Å². The molecule has 0 spiro atoms. The Morgan fingerprint density at radius 2 is 0.774 bits per heavy atom. The van der Waals surface area contributed by atoms with E-state index in [1.165, 1.54) is 77.5 Å². The normalized spacial score (nSPS) is 14.3. The highest BCUT2D eigenvalue weighted by Gasteiger charge is 2.37. The molecule has 53 heavy (non-hydrogen) atoms. The van der Waals surface area contributed by atoms with Crippen molar-refractivity contribution in [3.63, 3.8) is 0 Å². The van der Waals surface area contributed by atoms with Gasteiger partial charge in [0.25, 0.3) is 0 Å². The number of hydrogen-bond acceptors (Lipinski definition) is 1. The van der Waals surface area contributed by atoms with Crippen LogP contribution in [0.15, 0.2) is 176 Å². The summed E-state index contributed by atoms with van der Waals surface area (Å²) in [6, 6.07) is 65.3. The quantitative estimate of drug-likeness (QED) is 0.175. The van der Waals surface area contributed by atoms with E-state index >= 15 is 0 Å². The van der Waals surface area contributed by atoms with Gasteiger partial charge in [-0.1, -0.05) is 155 Å². The Bertz CT molecular complexity index is 2730. The second-order valence-electron chi connectivity index (χ2n) is 15.8. The van der Waals surface area contributed by atoms with Gasteiger partial charge in [0.2, 0.25) is 0 Å². The van der Waals surface area contributed by atoms with Crippen LogP contribution in [-0.4, -0.2) is 0 Å². The van der Waals surface area contributed by atoms with Crippen molar-refractivity contribution in [3.05, 3.63) is 198 Å². The third-order valence-corrected chi connectivity index (χ3v) is 12.0. The Morgan fingerprint density at radius 1 is 0.302 bits per heavy atom. The molecule has 8 aromatic carbocycles. The van der Waals surface area contributed by atoms with Crippen LogP contribution in [0.2, 0.25) is 0 Å². The predicted molar refractivity (Wildman–Crippen MR) is 225 cm³/mol. The summed E-state index contributed by atoms with van der Waals surface area (Å²) in [4.78, 5) is 2.47. The fourth-order valence-electron chi connectivity index (χ4n) is 9.28. The van der Waals surface area contributed by atoms with E-state index in [0.717, 1.165) is 17.1 Å². The lowest BCUT2D eigenvalue weighted by Crippen LogP contribution is -2.16. The van der Waals surface area contributed by atoms with E-state index < -0.39 is 0 Å². The van der Waals surface area contributed by atoms with Gasteiger partial charge in [-0.05, 0) is 126 Å². The molecule has 8 aromatic rings. The summed E-state index contributed by atoms with van der Waals surface area (Å²) in [7, 11) is 0. The molecule has 0 radical (unpaired) electrons. The van der Waals surface area contributed by atoms with Gasteiger partial charge in [-0.25, -0.2) is 0 Å². The third kappa shape index (κ3) is 4.84. The van der Waals surface area contributed by atoms with Crippen LogP contribution in [0.3, 0.4) is 0 Å².